The minimum absolute atomic E-state index is 0.0657. The zero-order valence-corrected chi connectivity index (χ0v) is 17.1. The summed E-state index contributed by atoms with van der Waals surface area (Å²) in [7, 11) is 0. The van der Waals surface area contributed by atoms with Crippen molar-refractivity contribution in [3.8, 4) is 0 Å². The van der Waals surface area contributed by atoms with Crippen LogP contribution in [0, 0.1) is 0 Å². The standard InChI is InChI=1S/C22H28N2O2S/c1-22(2,3)17-10-8-16(9-11-17)21(26)23-13-12-20(25)24-14-4-6-18(24)19-7-5-15-27-19/h5,7-11,15,18H,4,6,12-14H2,1-3H3,(H,23,26). The van der Waals surface area contributed by atoms with E-state index in [1.807, 2.05) is 35.2 Å². The molecule has 0 aliphatic carbocycles. The molecule has 5 heteroatoms. The summed E-state index contributed by atoms with van der Waals surface area (Å²) in [5, 5.41) is 4.93. The van der Waals surface area contributed by atoms with Gasteiger partial charge in [-0.2, -0.15) is 0 Å². The van der Waals surface area contributed by atoms with Crippen molar-refractivity contribution in [1.82, 2.24) is 10.2 Å². The SMILES string of the molecule is CC(C)(C)c1ccc(C(=O)NCCC(=O)N2CCCC2c2cccs2)cc1. The number of nitrogens with zero attached hydrogens (tertiary/aromatic N) is 1. The van der Waals surface area contributed by atoms with Crippen LogP contribution in [0.15, 0.2) is 41.8 Å². The maximum Gasteiger partial charge on any atom is 0.251 e. The molecule has 0 radical (unpaired) electrons. The topological polar surface area (TPSA) is 49.4 Å². The first-order valence-electron chi connectivity index (χ1n) is 9.58. The molecule has 2 heterocycles. The van der Waals surface area contributed by atoms with Gasteiger partial charge in [-0.15, -0.1) is 11.3 Å². The van der Waals surface area contributed by atoms with Gasteiger partial charge in [0.1, 0.15) is 0 Å². The Morgan fingerprint density at radius 1 is 1.19 bits per heavy atom. The summed E-state index contributed by atoms with van der Waals surface area (Å²) in [6.07, 6.45) is 2.41. The van der Waals surface area contributed by atoms with E-state index in [0.29, 0.717) is 18.5 Å². The fourth-order valence-corrected chi connectivity index (χ4v) is 4.37. The third-order valence-electron chi connectivity index (χ3n) is 5.08. The first-order chi connectivity index (χ1) is 12.9. The normalized spacial score (nSPS) is 17.1. The lowest BCUT2D eigenvalue weighted by Crippen LogP contribution is -2.34. The van der Waals surface area contributed by atoms with Crippen LogP contribution in [0.25, 0.3) is 0 Å². The number of nitrogens with one attached hydrogen (secondary N) is 1. The fraction of sp³-hybridized carbons (Fsp3) is 0.455. The van der Waals surface area contributed by atoms with Gasteiger partial charge >= 0.3 is 0 Å². The van der Waals surface area contributed by atoms with Crippen molar-refractivity contribution in [3.63, 3.8) is 0 Å². The van der Waals surface area contributed by atoms with Gasteiger partial charge in [0.2, 0.25) is 5.91 Å². The van der Waals surface area contributed by atoms with Crippen LogP contribution >= 0.6 is 11.3 Å². The van der Waals surface area contributed by atoms with Gasteiger partial charge in [0.15, 0.2) is 0 Å². The zero-order valence-electron chi connectivity index (χ0n) is 16.3. The highest BCUT2D eigenvalue weighted by Gasteiger charge is 2.30. The summed E-state index contributed by atoms with van der Waals surface area (Å²) >= 11 is 1.71. The molecule has 1 aliphatic heterocycles. The lowest BCUT2D eigenvalue weighted by molar-refractivity contribution is -0.131. The Kier molecular flexibility index (Phi) is 6.00. The number of benzene rings is 1. The number of thiophene rings is 1. The van der Waals surface area contributed by atoms with Crippen LogP contribution in [-0.2, 0) is 10.2 Å². The molecule has 1 aliphatic rings. The molecule has 0 spiro atoms. The van der Waals surface area contributed by atoms with E-state index >= 15 is 0 Å². The summed E-state index contributed by atoms with van der Waals surface area (Å²) in [6, 6.07) is 12.0. The van der Waals surface area contributed by atoms with E-state index in [1.54, 1.807) is 11.3 Å². The fourth-order valence-electron chi connectivity index (χ4n) is 3.49. The van der Waals surface area contributed by atoms with Gasteiger partial charge in [-0.1, -0.05) is 39.0 Å². The molecule has 1 aromatic heterocycles. The first kappa shape index (κ1) is 19.6. The Bertz CT molecular complexity index is 776. The van der Waals surface area contributed by atoms with Gasteiger partial charge < -0.3 is 10.2 Å². The summed E-state index contributed by atoms with van der Waals surface area (Å²) in [6.45, 7) is 7.62. The predicted molar refractivity (Wildman–Crippen MR) is 110 cm³/mol. The van der Waals surface area contributed by atoms with Gasteiger partial charge in [-0.05, 0) is 47.4 Å². The molecule has 0 saturated carbocycles. The molecule has 1 N–H and O–H groups in total. The van der Waals surface area contributed by atoms with Crippen LogP contribution in [0.5, 0.6) is 0 Å². The van der Waals surface area contributed by atoms with E-state index in [2.05, 4.69) is 37.5 Å². The zero-order chi connectivity index (χ0) is 19.4. The van der Waals surface area contributed by atoms with Gasteiger partial charge in [-0.25, -0.2) is 0 Å². The molecular formula is C22H28N2O2S. The second-order valence-corrected chi connectivity index (χ2v) is 9.07. The van der Waals surface area contributed by atoms with Gasteiger partial charge in [0.25, 0.3) is 5.91 Å². The Labute approximate surface area is 165 Å². The summed E-state index contributed by atoms with van der Waals surface area (Å²) in [5.41, 5.74) is 1.90. The van der Waals surface area contributed by atoms with Gasteiger partial charge in [0.05, 0.1) is 6.04 Å². The van der Waals surface area contributed by atoms with E-state index in [9.17, 15) is 9.59 Å². The third-order valence-corrected chi connectivity index (χ3v) is 6.06. The van der Waals surface area contributed by atoms with E-state index < -0.39 is 0 Å². The largest absolute Gasteiger partial charge is 0.352 e. The minimum Gasteiger partial charge on any atom is -0.352 e. The van der Waals surface area contributed by atoms with Crippen molar-refractivity contribution in [1.29, 1.82) is 0 Å². The third kappa shape index (κ3) is 4.78. The van der Waals surface area contributed by atoms with Crippen molar-refractivity contribution in [2.24, 2.45) is 0 Å². The minimum atomic E-state index is -0.125. The van der Waals surface area contributed by atoms with Crippen LogP contribution in [0.1, 0.15) is 66.9 Å². The first-order valence-corrected chi connectivity index (χ1v) is 10.5. The van der Waals surface area contributed by atoms with Crippen LogP contribution in [0.3, 0.4) is 0 Å². The van der Waals surface area contributed by atoms with E-state index in [1.165, 1.54) is 10.4 Å². The highest BCUT2D eigenvalue weighted by atomic mass is 32.1. The van der Waals surface area contributed by atoms with Crippen LogP contribution in [-0.4, -0.2) is 29.8 Å². The molecule has 2 amide bonds. The van der Waals surface area contributed by atoms with E-state index in [0.717, 1.165) is 19.4 Å². The summed E-state index contributed by atoms with van der Waals surface area (Å²) in [4.78, 5) is 28.2. The molecule has 3 rings (SSSR count). The highest BCUT2D eigenvalue weighted by molar-refractivity contribution is 7.10. The molecule has 144 valence electrons. The molecule has 0 bridgehead atoms. The van der Waals surface area contributed by atoms with Crippen molar-refractivity contribution in [2.75, 3.05) is 13.1 Å². The summed E-state index contributed by atoms with van der Waals surface area (Å²) < 4.78 is 0. The van der Waals surface area contributed by atoms with Crippen LogP contribution in [0.4, 0.5) is 0 Å². The number of hydrogen-bond donors (Lipinski definition) is 1. The average Bonchev–Trinajstić information content (AvgIpc) is 3.32. The average molecular weight is 385 g/mol. The van der Waals surface area contributed by atoms with Crippen molar-refractivity contribution in [3.05, 3.63) is 57.8 Å². The smallest absolute Gasteiger partial charge is 0.251 e. The molecule has 27 heavy (non-hydrogen) atoms. The quantitative estimate of drug-likeness (QED) is 0.823. The number of hydrogen-bond acceptors (Lipinski definition) is 3. The van der Waals surface area contributed by atoms with Crippen LogP contribution in [0.2, 0.25) is 0 Å². The van der Waals surface area contributed by atoms with Crippen molar-refractivity contribution < 1.29 is 9.59 Å². The Hall–Kier alpha value is -2.14. The Morgan fingerprint density at radius 2 is 1.93 bits per heavy atom. The molecular weight excluding hydrogens is 356 g/mol. The second-order valence-electron chi connectivity index (χ2n) is 8.09. The lowest BCUT2D eigenvalue weighted by Gasteiger charge is -2.24. The van der Waals surface area contributed by atoms with Gasteiger partial charge in [0, 0.05) is 30.0 Å². The highest BCUT2D eigenvalue weighted by Crippen LogP contribution is 2.34. The second kappa shape index (κ2) is 8.26. The number of amides is 2. The predicted octanol–water partition coefficient (Wildman–Crippen LogP) is 4.53. The maximum atomic E-state index is 12.6. The van der Waals surface area contributed by atoms with Crippen molar-refractivity contribution in [2.45, 2.75) is 51.5 Å². The van der Waals surface area contributed by atoms with E-state index in [-0.39, 0.29) is 23.3 Å². The molecule has 1 saturated heterocycles. The molecule has 1 unspecified atom stereocenters. The number of likely N-dealkylation sites (tertiary alicyclic amines) is 1. The van der Waals surface area contributed by atoms with Crippen LogP contribution < -0.4 is 5.32 Å². The van der Waals surface area contributed by atoms with E-state index in [4.69, 9.17) is 0 Å². The summed E-state index contributed by atoms with van der Waals surface area (Å²) in [5.74, 6) is -0.00577. The van der Waals surface area contributed by atoms with Gasteiger partial charge in [-0.3, -0.25) is 9.59 Å². The Morgan fingerprint density at radius 3 is 2.56 bits per heavy atom. The monoisotopic (exact) mass is 384 g/mol. The maximum absolute atomic E-state index is 12.6. The lowest BCUT2D eigenvalue weighted by atomic mass is 9.87. The molecule has 1 aromatic carbocycles. The Balaban J connectivity index is 1.50. The number of rotatable bonds is 5. The molecule has 2 aromatic rings. The molecule has 1 fully saturated rings. The van der Waals surface area contributed by atoms with Crippen molar-refractivity contribution >= 4 is 23.2 Å². The number of carbonyl (C=O) groups is 2. The number of carbonyl (C=O) groups excluding carboxylic acids is 2. The molecule has 1 atom stereocenters. The molecule has 4 nitrogen and oxygen atoms in total.